The molecule has 0 aliphatic rings. The molecular weight excluding hydrogens is 293 g/mol. The third-order valence-electron chi connectivity index (χ3n) is 2.14. The summed E-state index contributed by atoms with van der Waals surface area (Å²) in [6, 6.07) is 4.40. The summed E-state index contributed by atoms with van der Waals surface area (Å²) in [5.74, 6) is -2.18. The predicted octanol–water partition coefficient (Wildman–Crippen LogP) is 2.02. The first-order valence-electron chi connectivity index (χ1n) is 4.80. The Morgan fingerprint density at radius 3 is 2.71 bits per heavy atom. The molecule has 1 aromatic carbocycles. The van der Waals surface area contributed by atoms with E-state index in [1.165, 1.54) is 18.0 Å². The Labute approximate surface area is 106 Å². The lowest BCUT2D eigenvalue weighted by molar-refractivity contribution is -0.143. The number of benzene rings is 1. The standard InChI is InChI=1S/C11H11BrFNO3/c1-14(10(15)5-11(16)17)6-7-4-8(12)2-3-9(7)13/h2-4H,5-6H2,1H3,(H,16,17). The normalized spacial score (nSPS) is 10.1. The van der Waals surface area contributed by atoms with Crippen LogP contribution in [0.4, 0.5) is 4.39 Å². The molecule has 0 aliphatic carbocycles. The van der Waals surface area contributed by atoms with E-state index in [0.717, 1.165) is 0 Å². The molecule has 0 saturated heterocycles. The molecule has 0 fully saturated rings. The van der Waals surface area contributed by atoms with Crippen molar-refractivity contribution in [3.05, 3.63) is 34.1 Å². The summed E-state index contributed by atoms with van der Waals surface area (Å²) in [7, 11) is 1.44. The Balaban J connectivity index is 2.73. The lowest BCUT2D eigenvalue weighted by atomic mass is 10.2. The second-order valence-corrected chi connectivity index (χ2v) is 4.47. The quantitative estimate of drug-likeness (QED) is 0.866. The average molecular weight is 304 g/mol. The van der Waals surface area contributed by atoms with Crippen molar-refractivity contribution < 1.29 is 19.1 Å². The highest BCUT2D eigenvalue weighted by Crippen LogP contribution is 2.17. The van der Waals surface area contributed by atoms with Crippen LogP contribution in [0.5, 0.6) is 0 Å². The molecule has 92 valence electrons. The number of carboxylic acids is 1. The van der Waals surface area contributed by atoms with Crippen molar-refractivity contribution in [3.8, 4) is 0 Å². The van der Waals surface area contributed by atoms with Crippen molar-refractivity contribution in [2.75, 3.05) is 7.05 Å². The number of carboxylic acid groups (broad SMARTS) is 1. The number of halogens is 2. The van der Waals surface area contributed by atoms with Crippen LogP contribution in [-0.4, -0.2) is 28.9 Å². The summed E-state index contributed by atoms with van der Waals surface area (Å²) in [5, 5.41) is 8.47. The molecule has 0 bridgehead atoms. The lowest BCUT2D eigenvalue weighted by Gasteiger charge is -2.16. The Morgan fingerprint density at radius 1 is 1.47 bits per heavy atom. The minimum Gasteiger partial charge on any atom is -0.481 e. The highest BCUT2D eigenvalue weighted by molar-refractivity contribution is 9.10. The van der Waals surface area contributed by atoms with Crippen LogP contribution in [-0.2, 0) is 16.1 Å². The molecule has 1 aromatic rings. The smallest absolute Gasteiger partial charge is 0.312 e. The maximum Gasteiger partial charge on any atom is 0.312 e. The van der Waals surface area contributed by atoms with Gasteiger partial charge in [-0.1, -0.05) is 15.9 Å². The van der Waals surface area contributed by atoms with E-state index in [4.69, 9.17) is 5.11 Å². The first-order valence-corrected chi connectivity index (χ1v) is 5.59. The molecule has 0 radical (unpaired) electrons. The second-order valence-electron chi connectivity index (χ2n) is 3.56. The zero-order chi connectivity index (χ0) is 13.0. The van der Waals surface area contributed by atoms with Gasteiger partial charge in [0.1, 0.15) is 12.2 Å². The Hall–Kier alpha value is -1.43. The van der Waals surface area contributed by atoms with E-state index in [9.17, 15) is 14.0 Å². The lowest BCUT2D eigenvalue weighted by Crippen LogP contribution is -2.28. The van der Waals surface area contributed by atoms with E-state index in [0.29, 0.717) is 10.0 Å². The van der Waals surface area contributed by atoms with Gasteiger partial charge in [0.2, 0.25) is 5.91 Å². The first kappa shape index (κ1) is 13.6. The fraction of sp³-hybridized carbons (Fsp3) is 0.273. The van der Waals surface area contributed by atoms with Crippen molar-refractivity contribution in [1.82, 2.24) is 4.90 Å². The second kappa shape index (κ2) is 5.77. The molecule has 0 saturated carbocycles. The Morgan fingerprint density at radius 2 is 2.12 bits per heavy atom. The van der Waals surface area contributed by atoms with Crippen molar-refractivity contribution in [2.45, 2.75) is 13.0 Å². The van der Waals surface area contributed by atoms with Crippen LogP contribution < -0.4 is 0 Å². The molecule has 0 atom stereocenters. The number of nitrogens with zero attached hydrogens (tertiary/aromatic N) is 1. The number of amides is 1. The van der Waals surface area contributed by atoms with Gasteiger partial charge in [0.15, 0.2) is 0 Å². The largest absolute Gasteiger partial charge is 0.481 e. The van der Waals surface area contributed by atoms with Crippen LogP contribution in [0.25, 0.3) is 0 Å². The van der Waals surface area contributed by atoms with Gasteiger partial charge < -0.3 is 10.0 Å². The fourth-order valence-corrected chi connectivity index (χ4v) is 1.68. The van der Waals surface area contributed by atoms with Gasteiger partial charge in [-0.25, -0.2) is 4.39 Å². The molecule has 0 aliphatic heterocycles. The Kier molecular flexibility index (Phi) is 4.62. The zero-order valence-electron chi connectivity index (χ0n) is 9.11. The minimum atomic E-state index is -1.20. The van der Waals surface area contributed by atoms with Crippen LogP contribution in [0.3, 0.4) is 0 Å². The van der Waals surface area contributed by atoms with Crippen molar-refractivity contribution >= 4 is 27.8 Å². The van der Waals surface area contributed by atoms with Crippen LogP contribution in [0.1, 0.15) is 12.0 Å². The average Bonchev–Trinajstić information content (AvgIpc) is 2.22. The predicted molar refractivity (Wildman–Crippen MR) is 62.8 cm³/mol. The van der Waals surface area contributed by atoms with E-state index in [2.05, 4.69) is 15.9 Å². The number of hydrogen-bond acceptors (Lipinski definition) is 2. The van der Waals surface area contributed by atoms with Crippen LogP contribution in [0.2, 0.25) is 0 Å². The molecular formula is C11H11BrFNO3. The summed E-state index contributed by atoms with van der Waals surface area (Å²) in [5.41, 5.74) is 0.334. The van der Waals surface area contributed by atoms with Gasteiger partial charge in [0.25, 0.3) is 0 Å². The molecule has 4 nitrogen and oxygen atoms in total. The molecule has 1 amide bonds. The monoisotopic (exact) mass is 303 g/mol. The number of rotatable bonds is 4. The maximum absolute atomic E-state index is 13.4. The van der Waals surface area contributed by atoms with Crippen molar-refractivity contribution in [1.29, 1.82) is 0 Å². The molecule has 1 N–H and O–H groups in total. The van der Waals surface area contributed by atoms with Crippen molar-refractivity contribution in [2.24, 2.45) is 0 Å². The van der Waals surface area contributed by atoms with Gasteiger partial charge in [-0.3, -0.25) is 9.59 Å². The SMILES string of the molecule is CN(Cc1cc(Br)ccc1F)C(=O)CC(=O)O. The molecule has 0 heterocycles. The van der Waals surface area contributed by atoms with Gasteiger partial charge in [0, 0.05) is 23.6 Å². The maximum atomic E-state index is 13.4. The Bertz CT molecular complexity index is 450. The summed E-state index contributed by atoms with van der Waals surface area (Å²) in [4.78, 5) is 22.9. The van der Waals surface area contributed by atoms with E-state index in [1.807, 2.05) is 0 Å². The van der Waals surface area contributed by atoms with Gasteiger partial charge in [0.05, 0.1) is 0 Å². The number of carbonyl (C=O) groups is 2. The van der Waals surface area contributed by atoms with Crippen molar-refractivity contribution in [3.63, 3.8) is 0 Å². The van der Waals surface area contributed by atoms with E-state index < -0.39 is 24.1 Å². The van der Waals surface area contributed by atoms with Gasteiger partial charge in [-0.2, -0.15) is 0 Å². The topological polar surface area (TPSA) is 57.6 Å². The number of carbonyl (C=O) groups excluding carboxylic acids is 1. The molecule has 0 aromatic heterocycles. The van der Waals surface area contributed by atoms with E-state index >= 15 is 0 Å². The van der Waals surface area contributed by atoms with Gasteiger partial charge in [-0.15, -0.1) is 0 Å². The summed E-state index contributed by atoms with van der Waals surface area (Å²) in [6.07, 6.45) is -0.591. The molecule has 6 heteroatoms. The van der Waals surface area contributed by atoms with Crippen LogP contribution >= 0.6 is 15.9 Å². The number of hydrogen-bond donors (Lipinski definition) is 1. The van der Waals surface area contributed by atoms with E-state index in [1.54, 1.807) is 12.1 Å². The zero-order valence-corrected chi connectivity index (χ0v) is 10.7. The first-order chi connectivity index (χ1) is 7.90. The third-order valence-corrected chi connectivity index (χ3v) is 2.64. The summed E-state index contributed by atoms with van der Waals surface area (Å²) >= 11 is 3.20. The summed E-state index contributed by atoms with van der Waals surface area (Å²) < 4.78 is 14.1. The van der Waals surface area contributed by atoms with Gasteiger partial charge >= 0.3 is 5.97 Å². The molecule has 1 rings (SSSR count). The molecule has 17 heavy (non-hydrogen) atoms. The highest BCUT2D eigenvalue weighted by atomic mass is 79.9. The van der Waals surface area contributed by atoms with Crippen LogP contribution in [0, 0.1) is 5.82 Å². The van der Waals surface area contributed by atoms with Crippen LogP contribution in [0.15, 0.2) is 22.7 Å². The molecule has 0 unspecified atom stereocenters. The van der Waals surface area contributed by atoms with Gasteiger partial charge in [-0.05, 0) is 18.2 Å². The number of aliphatic carboxylic acids is 1. The summed E-state index contributed by atoms with van der Waals surface area (Å²) in [6.45, 7) is 0.0391. The fourth-order valence-electron chi connectivity index (χ4n) is 1.27. The van der Waals surface area contributed by atoms with E-state index in [-0.39, 0.29) is 6.54 Å². The third kappa shape index (κ3) is 4.14. The minimum absolute atomic E-state index is 0.0391. The molecule has 0 spiro atoms. The highest BCUT2D eigenvalue weighted by Gasteiger charge is 2.14.